The Hall–Kier alpha value is -1.13. The second-order valence-corrected chi connectivity index (χ2v) is 4.67. The molecule has 0 spiro atoms. The van der Waals surface area contributed by atoms with Crippen LogP contribution in [-0.2, 0) is 6.54 Å². The number of pyridine rings is 1. The molecule has 2 heterocycles. The number of nitrogens with one attached hydrogen (secondary N) is 1. The van der Waals surface area contributed by atoms with Gasteiger partial charge in [-0.1, -0.05) is 23.3 Å². The maximum Gasteiger partial charge on any atom is 0.179 e. The van der Waals surface area contributed by atoms with Crippen molar-refractivity contribution in [2.45, 2.75) is 20.4 Å². The van der Waals surface area contributed by atoms with Gasteiger partial charge in [0.15, 0.2) is 10.4 Å². The Morgan fingerprint density at radius 2 is 2.38 bits per heavy atom. The molecule has 0 saturated heterocycles. The highest BCUT2D eigenvalue weighted by atomic mass is 35.5. The van der Waals surface area contributed by atoms with E-state index in [0.29, 0.717) is 9.79 Å². The molecule has 2 aromatic heterocycles. The standard InChI is InChI=1S/C11H12ClN3S/c1-7(2)3-4-15-10-9(14-11(15)16)5-8(12)6-13-10/h3,5-6H,4H2,1-2H3,(H,14,16). The molecule has 0 aliphatic heterocycles. The van der Waals surface area contributed by atoms with E-state index in [9.17, 15) is 0 Å². The number of aromatic amines is 1. The van der Waals surface area contributed by atoms with Gasteiger partial charge in [-0.15, -0.1) is 0 Å². The monoisotopic (exact) mass is 253 g/mol. The Labute approximate surface area is 104 Å². The number of nitrogens with zero attached hydrogens (tertiary/aromatic N) is 2. The van der Waals surface area contributed by atoms with Crippen LogP contribution in [-0.4, -0.2) is 14.5 Å². The molecule has 2 aromatic rings. The maximum absolute atomic E-state index is 5.87. The molecule has 0 bridgehead atoms. The summed E-state index contributed by atoms with van der Waals surface area (Å²) in [6.07, 6.45) is 3.74. The second kappa shape index (κ2) is 4.39. The van der Waals surface area contributed by atoms with E-state index in [1.165, 1.54) is 5.57 Å². The predicted molar refractivity (Wildman–Crippen MR) is 69.4 cm³/mol. The summed E-state index contributed by atoms with van der Waals surface area (Å²) >= 11 is 11.1. The molecule has 2 rings (SSSR count). The predicted octanol–water partition coefficient (Wildman–Crippen LogP) is 3.71. The summed E-state index contributed by atoms with van der Waals surface area (Å²) in [4.78, 5) is 7.38. The van der Waals surface area contributed by atoms with Gasteiger partial charge >= 0.3 is 0 Å². The summed E-state index contributed by atoms with van der Waals surface area (Å²) in [7, 11) is 0. The molecule has 84 valence electrons. The molecule has 0 amide bonds. The van der Waals surface area contributed by atoms with Crippen LogP contribution in [0.3, 0.4) is 0 Å². The lowest BCUT2D eigenvalue weighted by molar-refractivity contribution is 0.817. The number of rotatable bonds is 2. The lowest BCUT2D eigenvalue weighted by Crippen LogP contribution is -1.96. The van der Waals surface area contributed by atoms with Crippen LogP contribution in [0.25, 0.3) is 11.2 Å². The zero-order chi connectivity index (χ0) is 11.7. The van der Waals surface area contributed by atoms with Crippen molar-refractivity contribution in [3.8, 4) is 0 Å². The highest BCUT2D eigenvalue weighted by Crippen LogP contribution is 2.16. The number of aromatic nitrogens is 3. The molecule has 0 aliphatic carbocycles. The van der Waals surface area contributed by atoms with Gasteiger partial charge in [-0.3, -0.25) is 4.57 Å². The molecular formula is C11H12ClN3S. The van der Waals surface area contributed by atoms with Gasteiger partial charge in [0.25, 0.3) is 0 Å². The van der Waals surface area contributed by atoms with Crippen LogP contribution in [0.4, 0.5) is 0 Å². The van der Waals surface area contributed by atoms with Crippen LogP contribution >= 0.6 is 23.8 Å². The lowest BCUT2D eigenvalue weighted by atomic mass is 10.3. The van der Waals surface area contributed by atoms with Crippen molar-refractivity contribution in [1.29, 1.82) is 0 Å². The normalized spacial score (nSPS) is 10.7. The van der Waals surface area contributed by atoms with Crippen LogP contribution in [0, 0.1) is 4.77 Å². The zero-order valence-corrected chi connectivity index (χ0v) is 10.7. The van der Waals surface area contributed by atoms with Gasteiger partial charge in [0.1, 0.15) is 0 Å². The average Bonchev–Trinajstić information content (AvgIpc) is 2.50. The SMILES string of the molecule is CC(C)=CCn1c(=S)[nH]c2cc(Cl)cnc21. The molecule has 0 fully saturated rings. The third-order valence-corrected chi connectivity index (χ3v) is 2.79. The summed E-state index contributed by atoms with van der Waals surface area (Å²) in [5.74, 6) is 0. The highest BCUT2D eigenvalue weighted by Gasteiger charge is 2.04. The Kier molecular flexibility index (Phi) is 3.12. The van der Waals surface area contributed by atoms with Crippen molar-refractivity contribution in [3.05, 3.63) is 33.7 Å². The van der Waals surface area contributed by atoms with Crippen molar-refractivity contribution in [2.24, 2.45) is 0 Å². The van der Waals surface area contributed by atoms with Crippen molar-refractivity contribution < 1.29 is 0 Å². The number of fused-ring (bicyclic) bond motifs is 1. The molecule has 5 heteroatoms. The number of H-pyrrole nitrogens is 1. The van der Waals surface area contributed by atoms with E-state index in [-0.39, 0.29) is 0 Å². The fourth-order valence-electron chi connectivity index (χ4n) is 1.46. The van der Waals surface area contributed by atoms with Crippen molar-refractivity contribution in [3.63, 3.8) is 0 Å². The van der Waals surface area contributed by atoms with Crippen molar-refractivity contribution in [2.75, 3.05) is 0 Å². The summed E-state index contributed by atoms with van der Waals surface area (Å²) < 4.78 is 2.62. The maximum atomic E-state index is 5.87. The van der Waals surface area contributed by atoms with Crippen LogP contribution in [0.15, 0.2) is 23.9 Å². The fraction of sp³-hybridized carbons (Fsp3) is 0.273. The molecule has 0 aromatic carbocycles. The van der Waals surface area contributed by atoms with Crippen molar-refractivity contribution in [1.82, 2.24) is 14.5 Å². The Bertz CT molecular complexity index is 605. The fourth-order valence-corrected chi connectivity index (χ4v) is 1.89. The third-order valence-electron chi connectivity index (χ3n) is 2.26. The molecule has 3 nitrogen and oxygen atoms in total. The summed E-state index contributed by atoms with van der Waals surface area (Å²) in [6.45, 7) is 4.85. The average molecular weight is 254 g/mol. The minimum Gasteiger partial charge on any atom is -0.329 e. The lowest BCUT2D eigenvalue weighted by Gasteiger charge is -1.99. The van der Waals surface area contributed by atoms with Crippen LogP contribution in [0.1, 0.15) is 13.8 Å². The van der Waals surface area contributed by atoms with Gasteiger partial charge < -0.3 is 4.98 Å². The minimum absolute atomic E-state index is 0.609. The Balaban J connectivity index is 2.56. The number of halogens is 1. The molecule has 0 unspecified atom stereocenters. The van der Waals surface area contributed by atoms with Gasteiger partial charge in [0.2, 0.25) is 0 Å². The van der Waals surface area contributed by atoms with Crippen LogP contribution in [0.2, 0.25) is 5.02 Å². The molecular weight excluding hydrogens is 242 g/mol. The van der Waals surface area contributed by atoms with Gasteiger partial charge in [-0.2, -0.15) is 0 Å². The zero-order valence-electron chi connectivity index (χ0n) is 9.12. The van der Waals surface area contributed by atoms with Gasteiger partial charge in [0.05, 0.1) is 10.5 Å². The van der Waals surface area contributed by atoms with E-state index in [4.69, 9.17) is 23.8 Å². The number of allylic oxidation sites excluding steroid dienone is 2. The van der Waals surface area contributed by atoms with E-state index >= 15 is 0 Å². The van der Waals surface area contributed by atoms with Gasteiger partial charge in [0, 0.05) is 12.7 Å². The number of hydrogen-bond acceptors (Lipinski definition) is 2. The first kappa shape index (κ1) is 11.4. The first-order valence-electron chi connectivity index (χ1n) is 4.95. The summed E-state index contributed by atoms with van der Waals surface area (Å²) in [6, 6.07) is 1.83. The van der Waals surface area contributed by atoms with Crippen LogP contribution in [0.5, 0.6) is 0 Å². The summed E-state index contributed by atoms with van der Waals surface area (Å²) in [5.41, 5.74) is 2.97. The van der Waals surface area contributed by atoms with E-state index in [1.807, 2.05) is 10.6 Å². The number of hydrogen-bond donors (Lipinski definition) is 1. The summed E-state index contributed by atoms with van der Waals surface area (Å²) in [5, 5.41) is 0.609. The molecule has 1 N–H and O–H groups in total. The minimum atomic E-state index is 0.609. The first-order chi connectivity index (χ1) is 7.58. The van der Waals surface area contributed by atoms with E-state index < -0.39 is 0 Å². The van der Waals surface area contributed by atoms with Crippen LogP contribution < -0.4 is 0 Å². The molecule has 0 saturated carbocycles. The highest BCUT2D eigenvalue weighted by molar-refractivity contribution is 7.71. The first-order valence-corrected chi connectivity index (χ1v) is 5.74. The largest absolute Gasteiger partial charge is 0.329 e. The van der Waals surface area contributed by atoms with E-state index in [1.54, 1.807) is 6.20 Å². The van der Waals surface area contributed by atoms with Gasteiger partial charge in [-0.05, 0) is 32.1 Å². The van der Waals surface area contributed by atoms with E-state index in [0.717, 1.165) is 17.7 Å². The molecule has 16 heavy (non-hydrogen) atoms. The molecule has 0 atom stereocenters. The van der Waals surface area contributed by atoms with Gasteiger partial charge in [-0.25, -0.2) is 4.98 Å². The number of imidazole rings is 1. The third kappa shape index (κ3) is 2.18. The molecule has 0 radical (unpaired) electrons. The second-order valence-electron chi connectivity index (χ2n) is 3.85. The topological polar surface area (TPSA) is 33.6 Å². The van der Waals surface area contributed by atoms with E-state index in [2.05, 4.69) is 29.9 Å². The Morgan fingerprint density at radius 1 is 1.62 bits per heavy atom. The molecule has 0 aliphatic rings. The Morgan fingerprint density at radius 3 is 3.06 bits per heavy atom. The quantitative estimate of drug-likeness (QED) is 0.654. The smallest absolute Gasteiger partial charge is 0.179 e. The van der Waals surface area contributed by atoms with Crippen molar-refractivity contribution >= 4 is 35.0 Å².